The van der Waals surface area contributed by atoms with Gasteiger partial charge in [-0.05, 0) is 68.0 Å². The van der Waals surface area contributed by atoms with Crippen LogP contribution in [0.25, 0.3) is 0 Å². The molecule has 3 aromatic rings. The topological polar surface area (TPSA) is 95.7 Å². The van der Waals surface area contributed by atoms with Gasteiger partial charge < -0.3 is 16.0 Å². The van der Waals surface area contributed by atoms with Gasteiger partial charge in [0.15, 0.2) is 0 Å². The lowest BCUT2D eigenvalue weighted by Gasteiger charge is -2.33. The molecule has 2 atom stereocenters. The number of amides is 4. The van der Waals surface area contributed by atoms with Crippen molar-refractivity contribution >= 4 is 29.2 Å². The number of nitrogens with zero attached hydrogens (tertiary/aromatic N) is 2. The number of nitrogens with two attached hydrogens (primary N) is 1. The molecule has 0 saturated heterocycles. The molecule has 0 bridgehead atoms. The van der Waals surface area contributed by atoms with Gasteiger partial charge >= 0.3 is 6.03 Å². The van der Waals surface area contributed by atoms with Crippen LogP contribution in [-0.4, -0.2) is 36.0 Å². The Hall–Kier alpha value is -4.13. The minimum atomic E-state index is -0.906. The van der Waals surface area contributed by atoms with E-state index in [4.69, 9.17) is 5.73 Å². The average Bonchev–Trinajstić information content (AvgIpc) is 3.30. The highest BCUT2D eigenvalue weighted by atomic mass is 16.2. The van der Waals surface area contributed by atoms with Crippen molar-refractivity contribution in [2.24, 2.45) is 5.73 Å². The first-order valence-electron chi connectivity index (χ1n) is 13.7. The summed E-state index contributed by atoms with van der Waals surface area (Å²) >= 11 is 0. The van der Waals surface area contributed by atoms with Crippen LogP contribution in [0, 0.1) is 6.92 Å². The van der Waals surface area contributed by atoms with Crippen molar-refractivity contribution in [3.63, 3.8) is 0 Å². The summed E-state index contributed by atoms with van der Waals surface area (Å²) in [4.78, 5) is 43.8. The number of hydrogen-bond donors (Lipinski definition) is 2. The van der Waals surface area contributed by atoms with Crippen molar-refractivity contribution in [2.45, 2.75) is 63.5 Å². The third-order valence-corrected chi connectivity index (χ3v) is 8.09. The van der Waals surface area contributed by atoms with Crippen LogP contribution in [0.2, 0.25) is 0 Å². The summed E-state index contributed by atoms with van der Waals surface area (Å²) in [5.74, 6) is -0.725. The molecular formula is C32H36N4O3. The molecule has 202 valence electrons. The SMILES string of the molecule is Cc1cccc(N(C(N)=O)C2CC(c3ccccc3)c3ccccc3N(CC(=O)NC3(C)CCCC3)C2=O)c1. The van der Waals surface area contributed by atoms with E-state index in [1.807, 2.05) is 79.7 Å². The molecule has 7 nitrogen and oxygen atoms in total. The molecule has 5 rings (SSSR count). The molecule has 1 saturated carbocycles. The van der Waals surface area contributed by atoms with Gasteiger partial charge in [0.1, 0.15) is 12.6 Å². The zero-order valence-corrected chi connectivity index (χ0v) is 22.6. The van der Waals surface area contributed by atoms with E-state index in [1.165, 1.54) is 4.90 Å². The van der Waals surface area contributed by atoms with Crippen molar-refractivity contribution in [2.75, 3.05) is 16.3 Å². The van der Waals surface area contributed by atoms with Crippen LogP contribution in [0.1, 0.15) is 61.6 Å². The minimum Gasteiger partial charge on any atom is -0.351 e. The number of benzene rings is 3. The van der Waals surface area contributed by atoms with Crippen molar-refractivity contribution in [1.82, 2.24) is 5.32 Å². The summed E-state index contributed by atoms with van der Waals surface area (Å²) in [5, 5.41) is 3.19. The maximum Gasteiger partial charge on any atom is 0.320 e. The lowest BCUT2D eigenvalue weighted by molar-refractivity contribution is -0.125. The van der Waals surface area contributed by atoms with Gasteiger partial charge in [0.25, 0.3) is 5.91 Å². The third kappa shape index (κ3) is 5.53. The highest BCUT2D eigenvalue weighted by Gasteiger charge is 2.42. The van der Waals surface area contributed by atoms with Crippen molar-refractivity contribution in [3.8, 4) is 0 Å². The molecule has 0 radical (unpaired) electrons. The Morgan fingerprint density at radius 3 is 2.38 bits per heavy atom. The first-order chi connectivity index (χ1) is 18.8. The second kappa shape index (κ2) is 10.9. The predicted octanol–water partition coefficient (Wildman–Crippen LogP) is 5.27. The number of anilines is 2. The van der Waals surface area contributed by atoms with E-state index in [2.05, 4.69) is 12.2 Å². The molecule has 2 unspecified atom stereocenters. The number of carbonyl (C=O) groups is 3. The van der Waals surface area contributed by atoms with Gasteiger partial charge in [0, 0.05) is 22.8 Å². The second-order valence-corrected chi connectivity index (χ2v) is 11.1. The summed E-state index contributed by atoms with van der Waals surface area (Å²) in [6, 6.07) is 23.5. The van der Waals surface area contributed by atoms with Crippen LogP contribution < -0.4 is 20.9 Å². The van der Waals surface area contributed by atoms with Crippen molar-refractivity contribution in [3.05, 3.63) is 95.6 Å². The average molecular weight is 525 g/mol. The smallest absolute Gasteiger partial charge is 0.320 e. The fraction of sp³-hybridized carbons (Fsp3) is 0.344. The number of carbonyl (C=O) groups excluding carboxylic acids is 3. The highest BCUT2D eigenvalue weighted by molar-refractivity contribution is 6.08. The summed E-state index contributed by atoms with van der Waals surface area (Å²) in [6.07, 6.45) is 4.32. The standard InChI is InChI=1S/C32H36N4O3/c1-22-11-10-14-24(19-22)36(31(33)39)28-20-26(23-12-4-3-5-13-23)25-15-6-7-16-27(25)35(30(28)38)21-29(37)34-32(2)17-8-9-18-32/h3-7,10-16,19,26,28H,8-9,17-18,20-21H2,1-2H3,(H2,33,39)(H,34,37). The van der Waals surface area contributed by atoms with Gasteiger partial charge in [-0.15, -0.1) is 0 Å². The molecule has 3 N–H and O–H groups in total. The Labute approximate surface area is 230 Å². The first-order valence-corrected chi connectivity index (χ1v) is 13.7. The van der Waals surface area contributed by atoms with Gasteiger partial charge in [0.2, 0.25) is 5.91 Å². The highest BCUT2D eigenvalue weighted by Crippen LogP contribution is 2.41. The van der Waals surface area contributed by atoms with Crippen LogP contribution in [-0.2, 0) is 9.59 Å². The fourth-order valence-electron chi connectivity index (χ4n) is 6.20. The number of rotatable bonds is 6. The molecule has 0 aromatic heterocycles. The van der Waals surface area contributed by atoms with Crippen molar-refractivity contribution < 1.29 is 14.4 Å². The third-order valence-electron chi connectivity index (χ3n) is 8.09. The first kappa shape index (κ1) is 26.5. The number of aryl methyl sites for hydroxylation is 1. The molecule has 2 aliphatic rings. The van der Waals surface area contributed by atoms with Gasteiger partial charge in [-0.25, -0.2) is 4.79 Å². The largest absolute Gasteiger partial charge is 0.351 e. The summed E-state index contributed by atoms with van der Waals surface area (Å²) in [5.41, 5.74) is 9.85. The molecule has 1 fully saturated rings. The van der Waals surface area contributed by atoms with Crippen LogP contribution in [0.5, 0.6) is 0 Å². The second-order valence-electron chi connectivity index (χ2n) is 11.1. The van der Waals surface area contributed by atoms with Crippen LogP contribution in [0.15, 0.2) is 78.9 Å². The number of fused-ring (bicyclic) bond motifs is 1. The number of primary amides is 1. The summed E-state index contributed by atoms with van der Waals surface area (Å²) < 4.78 is 0. The Morgan fingerprint density at radius 1 is 1.00 bits per heavy atom. The Morgan fingerprint density at radius 2 is 1.69 bits per heavy atom. The zero-order valence-electron chi connectivity index (χ0n) is 22.6. The number of urea groups is 1. The zero-order chi connectivity index (χ0) is 27.6. The molecular weight excluding hydrogens is 488 g/mol. The molecule has 7 heteroatoms. The van der Waals surface area contributed by atoms with E-state index < -0.39 is 12.1 Å². The van der Waals surface area contributed by atoms with E-state index in [0.29, 0.717) is 17.8 Å². The maximum absolute atomic E-state index is 14.4. The summed E-state index contributed by atoms with van der Waals surface area (Å²) in [7, 11) is 0. The quantitative estimate of drug-likeness (QED) is 0.460. The number of nitrogens with one attached hydrogen (secondary N) is 1. The molecule has 0 spiro atoms. The molecule has 4 amide bonds. The molecule has 1 aliphatic heterocycles. The molecule has 3 aromatic carbocycles. The lowest BCUT2D eigenvalue weighted by atomic mass is 9.85. The monoisotopic (exact) mass is 524 g/mol. The van der Waals surface area contributed by atoms with Crippen LogP contribution >= 0.6 is 0 Å². The minimum absolute atomic E-state index is 0.135. The van der Waals surface area contributed by atoms with Crippen LogP contribution in [0.4, 0.5) is 16.2 Å². The van der Waals surface area contributed by atoms with Crippen molar-refractivity contribution in [1.29, 1.82) is 0 Å². The maximum atomic E-state index is 14.4. The van der Waals surface area contributed by atoms with Gasteiger partial charge in [-0.2, -0.15) is 0 Å². The van der Waals surface area contributed by atoms with Gasteiger partial charge in [-0.1, -0.05) is 73.5 Å². The van der Waals surface area contributed by atoms with Gasteiger partial charge in [0.05, 0.1) is 0 Å². The molecule has 1 aliphatic carbocycles. The van der Waals surface area contributed by atoms with E-state index in [-0.39, 0.29) is 29.8 Å². The van der Waals surface area contributed by atoms with Gasteiger partial charge in [-0.3, -0.25) is 14.5 Å². The Kier molecular flexibility index (Phi) is 7.42. The van der Waals surface area contributed by atoms with E-state index in [9.17, 15) is 14.4 Å². The number of para-hydroxylation sites is 1. The lowest BCUT2D eigenvalue weighted by Crippen LogP contribution is -2.55. The van der Waals surface area contributed by atoms with E-state index in [1.54, 1.807) is 11.0 Å². The summed E-state index contributed by atoms with van der Waals surface area (Å²) in [6.45, 7) is 3.86. The Bertz CT molecular complexity index is 1370. The predicted molar refractivity (Wildman–Crippen MR) is 154 cm³/mol. The van der Waals surface area contributed by atoms with E-state index in [0.717, 1.165) is 42.4 Å². The van der Waals surface area contributed by atoms with E-state index >= 15 is 0 Å². The number of hydrogen-bond acceptors (Lipinski definition) is 3. The Balaban J connectivity index is 1.60. The van der Waals surface area contributed by atoms with Crippen LogP contribution in [0.3, 0.4) is 0 Å². The molecule has 39 heavy (non-hydrogen) atoms. The normalized spacial score (nSPS) is 20.2. The molecule has 1 heterocycles. The fourth-order valence-corrected chi connectivity index (χ4v) is 6.20.